The van der Waals surface area contributed by atoms with Crippen molar-refractivity contribution < 1.29 is 5.11 Å². The van der Waals surface area contributed by atoms with Gasteiger partial charge in [-0.3, -0.25) is 0 Å². The number of nitriles is 1. The summed E-state index contributed by atoms with van der Waals surface area (Å²) in [6.07, 6.45) is 3.14. The Morgan fingerprint density at radius 3 is 2.76 bits per heavy atom. The van der Waals surface area contributed by atoms with E-state index >= 15 is 0 Å². The topological polar surface area (TPSA) is 44.0 Å². The predicted octanol–water partition coefficient (Wildman–Crippen LogP) is 3.89. The Hall–Kier alpha value is -0.980. The number of thioether (sulfide) groups is 1. The highest BCUT2D eigenvalue weighted by Crippen LogP contribution is 2.29. The number of unbranched alkanes of at least 4 members (excludes halogenated alkanes) is 2. The number of hydrogen-bond donors (Lipinski definition) is 1. The van der Waals surface area contributed by atoms with Gasteiger partial charge in [0.05, 0.1) is 17.7 Å². The molecule has 0 spiro atoms. The quantitative estimate of drug-likeness (QED) is 0.614. The standard InChI is InChI=1S/C14H19NOS/c1-3-4-5-8-17-14-9-12(10-15)6-7-13(14)11(2)16/h6-7,9,11,16H,3-5,8H2,1-2H3/t11-/m1/s1. The summed E-state index contributed by atoms with van der Waals surface area (Å²) >= 11 is 1.73. The fourth-order valence-corrected chi connectivity index (χ4v) is 2.79. The third-order valence-corrected chi connectivity index (χ3v) is 3.76. The first-order valence-corrected chi connectivity index (χ1v) is 7.02. The zero-order valence-electron chi connectivity index (χ0n) is 10.4. The maximum atomic E-state index is 9.67. The van der Waals surface area contributed by atoms with Crippen LogP contribution in [0, 0.1) is 11.3 Å². The second kappa shape index (κ2) is 7.37. The summed E-state index contributed by atoms with van der Waals surface area (Å²) in [7, 11) is 0. The first-order valence-electron chi connectivity index (χ1n) is 6.04. The SMILES string of the molecule is CCCCCSc1cc(C#N)ccc1[C@@H](C)O. The predicted molar refractivity (Wildman–Crippen MR) is 72.0 cm³/mol. The van der Waals surface area contributed by atoms with Gasteiger partial charge in [0.25, 0.3) is 0 Å². The first kappa shape index (κ1) is 14.1. The van der Waals surface area contributed by atoms with E-state index in [2.05, 4.69) is 13.0 Å². The lowest BCUT2D eigenvalue weighted by atomic mass is 10.1. The van der Waals surface area contributed by atoms with E-state index in [0.717, 1.165) is 16.2 Å². The fraction of sp³-hybridized carbons (Fsp3) is 0.500. The van der Waals surface area contributed by atoms with Gasteiger partial charge in [-0.2, -0.15) is 5.26 Å². The van der Waals surface area contributed by atoms with Crippen molar-refractivity contribution in [3.63, 3.8) is 0 Å². The zero-order chi connectivity index (χ0) is 12.7. The lowest BCUT2D eigenvalue weighted by molar-refractivity contribution is 0.196. The molecular formula is C14H19NOS. The van der Waals surface area contributed by atoms with E-state index in [9.17, 15) is 5.11 Å². The van der Waals surface area contributed by atoms with Gasteiger partial charge in [0.1, 0.15) is 0 Å². The van der Waals surface area contributed by atoms with E-state index in [1.54, 1.807) is 24.8 Å². The number of rotatable bonds is 6. The molecule has 0 saturated carbocycles. The number of aliphatic hydroxyl groups excluding tert-OH is 1. The minimum Gasteiger partial charge on any atom is -0.389 e. The lowest BCUT2D eigenvalue weighted by Gasteiger charge is -2.11. The van der Waals surface area contributed by atoms with Gasteiger partial charge in [0.15, 0.2) is 0 Å². The third kappa shape index (κ3) is 4.41. The Bertz CT molecular complexity index is 396. The van der Waals surface area contributed by atoms with Gasteiger partial charge < -0.3 is 5.11 Å². The van der Waals surface area contributed by atoms with Crippen LogP contribution in [0.2, 0.25) is 0 Å². The van der Waals surface area contributed by atoms with Crippen molar-refractivity contribution in [1.29, 1.82) is 5.26 Å². The summed E-state index contributed by atoms with van der Waals surface area (Å²) < 4.78 is 0. The van der Waals surface area contributed by atoms with Crippen molar-refractivity contribution >= 4 is 11.8 Å². The molecule has 0 aliphatic rings. The molecule has 1 atom stereocenters. The van der Waals surface area contributed by atoms with Gasteiger partial charge in [-0.05, 0) is 36.8 Å². The molecule has 0 aromatic heterocycles. The first-order chi connectivity index (χ1) is 8.19. The molecule has 3 heteroatoms. The van der Waals surface area contributed by atoms with Crippen molar-refractivity contribution in [2.45, 2.75) is 44.1 Å². The Labute approximate surface area is 108 Å². The molecule has 0 heterocycles. The number of nitrogens with zero attached hydrogens (tertiary/aromatic N) is 1. The monoisotopic (exact) mass is 249 g/mol. The summed E-state index contributed by atoms with van der Waals surface area (Å²) in [5.74, 6) is 1.04. The van der Waals surface area contributed by atoms with Gasteiger partial charge >= 0.3 is 0 Å². The molecule has 92 valence electrons. The molecule has 0 bridgehead atoms. The van der Waals surface area contributed by atoms with Crippen LogP contribution in [0.15, 0.2) is 23.1 Å². The van der Waals surface area contributed by atoms with Gasteiger partial charge in [0.2, 0.25) is 0 Å². The summed E-state index contributed by atoms with van der Waals surface area (Å²) in [5.41, 5.74) is 1.58. The molecule has 0 aliphatic heterocycles. The molecule has 0 fully saturated rings. The Morgan fingerprint density at radius 1 is 1.41 bits per heavy atom. The molecule has 17 heavy (non-hydrogen) atoms. The number of aliphatic hydroxyl groups is 1. The van der Waals surface area contributed by atoms with Gasteiger partial charge in [-0.25, -0.2) is 0 Å². The van der Waals surface area contributed by atoms with Gasteiger partial charge in [-0.15, -0.1) is 11.8 Å². The molecule has 0 aliphatic carbocycles. The summed E-state index contributed by atoms with van der Waals surface area (Å²) in [6.45, 7) is 3.94. The largest absolute Gasteiger partial charge is 0.389 e. The highest BCUT2D eigenvalue weighted by atomic mass is 32.2. The van der Waals surface area contributed by atoms with Crippen LogP contribution in [0.3, 0.4) is 0 Å². The molecule has 0 radical (unpaired) electrons. The zero-order valence-corrected chi connectivity index (χ0v) is 11.3. The van der Waals surface area contributed by atoms with Crippen LogP contribution in [-0.4, -0.2) is 10.9 Å². The molecule has 1 aromatic carbocycles. The summed E-state index contributed by atoms with van der Waals surface area (Å²) in [5, 5.41) is 18.6. The lowest BCUT2D eigenvalue weighted by Crippen LogP contribution is -1.95. The van der Waals surface area contributed by atoms with Gasteiger partial charge in [-0.1, -0.05) is 25.8 Å². The molecule has 0 unspecified atom stereocenters. The van der Waals surface area contributed by atoms with Crippen molar-refractivity contribution in [1.82, 2.24) is 0 Å². The molecule has 0 saturated heterocycles. The number of hydrogen-bond acceptors (Lipinski definition) is 3. The fourth-order valence-electron chi connectivity index (χ4n) is 1.61. The van der Waals surface area contributed by atoms with Crippen LogP contribution < -0.4 is 0 Å². The van der Waals surface area contributed by atoms with E-state index in [1.165, 1.54) is 19.3 Å². The minimum atomic E-state index is -0.476. The van der Waals surface area contributed by atoms with Crippen LogP contribution >= 0.6 is 11.8 Å². The van der Waals surface area contributed by atoms with Crippen LogP contribution in [0.25, 0.3) is 0 Å². The maximum absolute atomic E-state index is 9.67. The van der Waals surface area contributed by atoms with Crippen molar-refractivity contribution in [3.8, 4) is 6.07 Å². The van der Waals surface area contributed by atoms with Crippen LogP contribution in [-0.2, 0) is 0 Å². The van der Waals surface area contributed by atoms with E-state index in [0.29, 0.717) is 5.56 Å². The summed E-state index contributed by atoms with van der Waals surface area (Å²) in [4.78, 5) is 1.04. The second-order valence-electron chi connectivity index (χ2n) is 4.10. The van der Waals surface area contributed by atoms with E-state index in [-0.39, 0.29) is 0 Å². The molecule has 2 nitrogen and oxygen atoms in total. The normalized spacial score (nSPS) is 12.1. The Balaban J connectivity index is 2.75. The van der Waals surface area contributed by atoms with Gasteiger partial charge in [0, 0.05) is 4.90 Å². The summed E-state index contributed by atoms with van der Waals surface area (Å²) in [6, 6.07) is 7.63. The highest BCUT2D eigenvalue weighted by Gasteiger charge is 2.09. The highest BCUT2D eigenvalue weighted by molar-refractivity contribution is 7.99. The minimum absolute atomic E-state index is 0.476. The van der Waals surface area contributed by atoms with Crippen molar-refractivity contribution in [2.24, 2.45) is 0 Å². The van der Waals surface area contributed by atoms with Crippen molar-refractivity contribution in [2.75, 3.05) is 5.75 Å². The second-order valence-corrected chi connectivity index (χ2v) is 5.23. The van der Waals surface area contributed by atoms with Crippen LogP contribution in [0.5, 0.6) is 0 Å². The average molecular weight is 249 g/mol. The molecule has 1 rings (SSSR count). The number of benzene rings is 1. The van der Waals surface area contributed by atoms with Crippen molar-refractivity contribution in [3.05, 3.63) is 29.3 Å². The van der Waals surface area contributed by atoms with E-state index in [4.69, 9.17) is 5.26 Å². The molecule has 1 aromatic rings. The Morgan fingerprint density at radius 2 is 2.18 bits per heavy atom. The van der Waals surface area contributed by atoms with Crippen LogP contribution in [0.1, 0.15) is 50.3 Å². The molecular weight excluding hydrogens is 230 g/mol. The maximum Gasteiger partial charge on any atom is 0.0992 e. The van der Waals surface area contributed by atoms with E-state index in [1.807, 2.05) is 12.1 Å². The third-order valence-electron chi connectivity index (χ3n) is 2.60. The molecule has 1 N–H and O–H groups in total. The molecule has 0 amide bonds. The average Bonchev–Trinajstić information content (AvgIpc) is 2.34. The van der Waals surface area contributed by atoms with E-state index < -0.39 is 6.10 Å². The Kier molecular flexibility index (Phi) is 6.10. The smallest absolute Gasteiger partial charge is 0.0992 e. The van der Waals surface area contributed by atoms with Crippen LogP contribution in [0.4, 0.5) is 0 Å².